The van der Waals surface area contributed by atoms with E-state index in [1.807, 2.05) is 0 Å². The molecule has 1 atom stereocenters. The molecule has 0 aromatic heterocycles. The summed E-state index contributed by atoms with van der Waals surface area (Å²) in [6.45, 7) is 9.24. The van der Waals surface area contributed by atoms with Crippen LogP contribution in [-0.2, 0) is 4.79 Å². The van der Waals surface area contributed by atoms with Crippen LogP contribution in [-0.4, -0.2) is 61.5 Å². The normalized spacial score (nSPS) is 27.3. The molecule has 0 bridgehead atoms. The van der Waals surface area contributed by atoms with Crippen LogP contribution in [0.1, 0.15) is 19.8 Å². The zero-order valence-corrected chi connectivity index (χ0v) is 10.2. The van der Waals surface area contributed by atoms with Crippen molar-refractivity contribution in [2.24, 2.45) is 5.92 Å². The summed E-state index contributed by atoms with van der Waals surface area (Å²) in [4.78, 5) is 16.6. The summed E-state index contributed by atoms with van der Waals surface area (Å²) < 4.78 is 0. The Labute approximate surface area is 98.0 Å². The predicted octanol–water partition coefficient (Wildman–Crippen LogP) is 0.150. The van der Waals surface area contributed by atoms with Gasteiger partial charge in [-0.25, -0.2) is 0 Å². The fraction of sp³-hybridized carbons (Fsp3) is 0.917. The average molecular weight is 225 g/mol. The van der Waals surface area contributed by atoms with Crippen molar-refractivity contribution in [3.8, 4) is 0 Å². The van der Waals surface area contributed by atoms with Gasteiger partial charge in [-0.3, -0.25) is 9.69 Å². The highest BCUT2D eigenvalue weighted by Gasteiger charge is 2.28. The number of hydrogen-bond donors (Lipinski definition) is 1. The second-order valence-corrected chi connectivity index (χ2v) is 4.86. The molecule has 1 amide bonds. The molecule has 0 saturated carbocycles. The van der Waals surface area contributed by atoms with E-state index in [1.54, 1.807) is 0 Å². The molecule has 16 heavy (non-hydrogen) atoms. The Morgan fingerprint density at radius 1 is 1.31 bits per heavy atom. The number of nitrogens with zero attached hydrogens (tertiary/aromatic N) is 2. The maximum atomic E-state index is 12.1. The molecule has 0 aliphatic carbocycles. The van der Waals surface area contributed by atoms with Crippen LogP contribution < -0.4 is 5.32 Å². The second kappa shape index (κ2) is 5.64. The number of nitrogens with one attached hydrogen (secondary N) is 1. The fourth-order valence-electron chi connectivity index (χ4n) is 2.63. The van der Waals surface area contributed by atoms with E-state index < -0.39 is 0 Å². The molecule has 1 N–H and O–H groups in total. The molecule has 2 saturated heterocycles. The van der Waals surface area contributed by atoms with E-state index in [0.717, 1.165) is 45.7 Å². The molecule has 0 aromatic carbocycles. The van der Waals surface area contributed by atoms with E-state index in [4.69, 9.17) is 0 Å². The van der Waals surface area contributed by atoms with Crippen molar-refractivity contribution in [2.75, 3.05) is 45.8 Å². The molecule has 0 unspecified atom stereocenters. The number of rotatable bonds is 3. The van der Waals surface area contributed by atoms with Gasteiger partial charge < -0.3 is 10.2 Å². The number of amides is 1. The van der Waals surface area contributed by atoms with Gasteiger partial charge in [0, 0.05) is 32.7 Å². The Kier molecular flexibility index (Phi) is 4.18. The lowest BCUT2D eigenvalue weighted by atomic mass is 10.1. The van der Waals surface area contributed by atoms with Gasteiger partial charge in [-0.1, -0.05) is 6.92 Å². The van der Waals surface area contributed by atoms with Crippen LogP contribution in [0.2, 0.25) is 0 Å². The van der Waals surface area contributed by atoms with Gasteiger partial charge in [0.1, 0.15) is 0 Å². The highest BCUT2D eigenvalue weighted by atomic mass is 16.2. The zero-order chi connectivity index (χ0) is 11.4. The lowest BCUT2D eigenvalue weighted by Crippen LogP contribution is -2.50. The summed E-state index contributed by atoms with van der Waals surface area (Å²) >= 11 is 0. The molecule has 2 rings (SSSR count). The second-order valence-electron chi connectivity index (χ2n) is 4.86. The van der Waals surface area contributed by atoms with Gasteiger partial charge in [-0.05, 0) is 25.9 Å². The molecule has 2 heterocycles. The third kappa shape index (κ3) is 2.74. The van der Waals surface area contributed by atoms with E-state index in [1.165, 1.54) is 13.0 Å². The molecular formula is C12H23N3O. The lowest BCUT2D eigenvalue weighted by molar-refractivity contribution is -0.136. The van der Waals surface area contributed by atoms with E-state index in [0.29, 0.717) is 5.91 Å². The summed E-state index contributed by atoms with van der Waals surface area (Å²) in [5.74, 6) is 0.624. The van der Waals surface area contributed by atoms with Crippen molar-refractivity contribution in [2.45, 2.75) is 19.8 Å². The molecule has 0 spiro atoms. The van der Waals surface area contributed by atoms with Gasteiger partial charge in [-0.15, -0.1) is 0 Å². The van der Waals surface area contributed by atoms with Gasteiger partial charge in [0.2, 0.25) is 5.91 Å². The van der Waals surface area contributed by atoms with Crippen molar-refractivity contribution in [3.63, 3.8) is 0 Å². The minimum absolute atomic E-state index is 0.248. The van der Waals surface area contributed by atoms with Crippen molar-refractivity contribution in [1.82, 2.24) is 15.1 Å². The molecule has 0 radical (unpaired) electrons. The Bertz CT molecular complexity index is 230. The molecule has 2 aliphatic rings. The Morgan fingerprint density at radius 2 is 2.06 bits per heavy atom. The van der Waals surface area contributed by atoms with Gasteiger partial charge >= 0.3 is 0 Å². The van der Waals surface area contributed by atoms with Crippen LogP contribution >= 0.6 is 0 Å². The monoisotopic (exact) mass is 225 g/mol. The van der Waals surface area contributed by atoms with E-state index in [-0.39, 0.29) is 5.92 Å². The molecule has 4 nitrogen and oxygen atoms in total. The molecule has 2 fully saturated rings. The molecule has 92 valence electrons. The summed E-state index contributed by atoms with van der Waals surface area (Å²) in [7, 11) is 0. The third-order valence-corrected chi connectivity index (χ3v) is 3.63. The van der Waals surface area contributed by atoms with Crippen LogP contribution in [0.4, 0.5) is 0 Å². The Morgan fingerprint density at radius 3 is 2.62 bits per heavy atom. The van der Waals surface area contributed by atoms with E-state index >= 15 is 0 Å². The van der Waals surface area contributed by atoms with Gasteiger partial charge in [0.25, 0.3) is 0 Å². The standard InChI is InChI=1S/C12H23N3O/c1-2-5-14-6-8-15(9-7-14)12(16)11-3-4-13-10-11/h11,13H,2-10H2,1H3/t11-/m0/s1. The maximum absolute atomic E-state index is 12.1. The van der Waals surface area contributed by atoms with Crippen molar-refractivity contribution >= 4 is 5.91 Å². The Balaban J connectivity index is 1.77. The topological polar surface area (TPSA) is 35.6 Å². The van der Waals surface area contributed by atoms with Crippen LogP contribution in [0.3, 0.4) is 0 Å². The maximum Gasteiger partial charge on any atom is 0.227 e. The minimum Gasteiger partial charge on any atom is -0.340 e. The van der Waals surface area contributed by atoms with Crippen molar-refractivity contribution < 1.29 is 4.79 Å². The number of piperazine rings is 1. The fourth-order valence-corrected chi connectivity index (χ4v) is 2.63. The average Bonchev–Trinajstić information content (AvgIpc) is 2.83. The quantitative estimate of drug-likeness (QED) is 0.743. The molecular weight excluding hydrogens is 202 g/mol. The van der Waals surface area contributed by atoms with Crippen LogP contribution in [0.25, 0.3) is 0 Å². The number of hydrogen-bond acceptors (Lipinski definition) is 3. The smallest absolute Gasteiger partial charge is 0.227 e. The van der Waals surface area contributed by atoms with Crippen LogP contribution in [0, 0.1) is 5.92 Å². The van der Waals surface area contributed by atoms with Crippen molar-refractivity contribution in [1.29, 1.82) is 0 Å². The van der Waals surface area contributed by atoms with Crippen LogP contribution in [0.5, 0.6) is 0 Å². The molecule has 2 aliphatic heterocycles. The first-order valence-corrected chi connectivity index (χ1v) is 6.53. The van der Waals surface area contributed by atoms with E-state index in [2.05, 4.69) is 22.0 Å². The number of carbonyl (C=O) groups excluding carboxylic acids is 1. The largest absolute Gasteiger partial charge is 0.340 e. The first-order chi connectivity index (χ1) is 7.81. The highest BCUT2D eigenvalue weighted by molar-refractivity contribution is 5.79. The van der Waals surface area contributed by atoms with E-state index in [9.17, 15) is 4.79 Å². The third-order valence-electron chi connectivity index (χ3n) is 3.63. The highest BCUT2D eigenvalue weighted by Crippen LogP contribution is 2.13. The minimum atomic E-state index is 0.248. The summed E-state index contributed by atoms with van der Waals surface area (Å²) in [6.07, 6.45) is 2.23. The first kappa shape index (κ1) is 11.9. The molecule has 0 aromatic rings. The SMILES string of the molecule is CCCN1CCN(C(=O)[C@H]2CCNC2)CC1. The van der Waals surface area contributed by atoms with Gasteiger partial charge in [0.15, 0.2) is 0 Å². The Hall–Kier alpha value is -0.610. The first-order valence-electron chi connectivity index (χ1n) is 6.53. The summed E-state index contributed by atoms with van der Waals surface area (Å²) in [6, 6.07) is 0. The molecule has 4 heteroatoms. The predicted molar refractivity (Wildman–Crippen MR) is 64.3 cm³/mol. The summed E-state index contributed by atoms with van der Waals surface area (Å²) in [5, 5.41) is 3.26. The van der Waals surface area contributed by atoms with Crippen LogP contribution in [0.15, 0.2) is 0 Å². The van der Waals surface area contributed by atoms with Crippen molar-refractivity contribution in [3.05, 3.63) is 0 Å². The lowest BCUT2D eigenvalue weighted by Gasteiger charge is -2.35. The van der Waals surface area contributed by atoms with Gasteiger partial charge in [0.05, 0.1) is 5.92 Å². The summed E-state index contributed by atoms with van der Waals surface area (Å²) in [5.41, 5.74) is 0. The zero-order valence-electron chi connectivity index (χ0n) is 10.2. The van der Waals surface area contributed by atoms with Gasteiger partial charge in [-0.2, -0.15) is 0 Å². The number of carbonyl (C=O) groups is 1.